The molecule has 4 aliphatic rings. The quantitative estimate of drug-likeness (QED) is 0.894. The van der Waals surface area contributed by atoms with Crippen molar-refractivity contribution in [3.63, 3.8) is 0 Å². The molecule has 0 aliphatic heterocycles. The van der Waals surface area contributed by atoms with Crippen LogP contribution in [0.1, 0.15) is 43.6 Å². The van der Waals surface area contributed by atoms with Gasteiger partial charge >= 0.3 is 0 Å². The Hall–Kier alpha value is -0.930. The molecule has 3 N–H and O–H groups in total. The van der Waals surface area contributed by atoms with Crippen molar-refractivity contribution in [1.82, 2.24) is 4.98 Å². The molecule has 4 bridgehead atoms. The molecule has 0 radical (unpaired) electrons. The topological polar surface area (TPSA) is 59.1 Å². The van der Waals surface area contributed by atoms with Crippen LogP contribution in [0.4, 0.5) is 0 Å². The molecule has 0 aromatic carbocycles. The molecule has 4 fully saturated rings. The lowest BCUT2D eigenvalue weighted by Crippen LogP contribution is -2.51. The van der Waals surface area contributed by atoms with Crippen LogP contribution in [0.2, 0.25) is 0 Å². The Morgan fingerprint density at radius 3 is 2.33 bits per heavy atom. The average molecular weight is 286 g/mol. The van der Waals surface area contributed by atoms with Crippen molar-refractivity contribution in [3.8, 4) is 0 Å². The smallest absolute Gasteiger partial charge is 0.0654 e. The number of aliphatic hydroxyl groups excluding tert-OH is 1. The second kappa shape index (κ2) is 5.36. The first-order chi connectivity index (χ1) is 10.3. The molecular formula is C18H26N2O. The second-order valence-corrected chi connectivity index (χ2v) is 7.63. The Bertz CT molecular complexity index is 461. The van der Waals surface area contributed by atoms with Crippen molar-refractivity contribution in [2.45, 2.75) is 44.1 Å². The van der Waals surface area contributed by atoms with Crippen molar-refractivity contribution in [1.29, 1.82) is 0 Å². The van der Waals surface area contributed by atoms with Gasteiger partial charge in [0.15, 0.2) is 0 Å². The first-order valence-corrected chi connectivity index (χ1v) is 8.54. The SMILES string of the molecule is NCC(c1cccnc1)C(O)C1C2CC3CC(C2)CC1C3. The van der Waals surface area contributed by atoms with Crippen molar-refractivity contribution in [2.24, 2.45) is 35.3 Å². The third-order valence-corrected chi connectivity index (χ3v) is 6.47. The van der Waals surface area contributed by atoms with E-state index in [0.717, 1.165) is 29.2 Å². The number of nitrogens with two attached hydrogens (primary N) is 1. The largest absolute Gasteiger partial charge is 0.392 e. The lowest BCUT2D eigenvalue weighted by atomic mass is 9.50. The minimum absolute atomic E-state index is 0.0428. The average Bonchev–Trinajstić information content (AvgIpc) is 2.48. The molecule has 0 amide bonds. The van der Waals surface area contributed by atoms with Crippen LogP contribution >= 0.6 is 0 Å². The van der Waals surface area contributed by atoms with Crippen LogP contribution < -0.4 is 5.73 Å². The van der Waals surface area contributed by atoms with Gasteiger partial charge in [-0.05, 0) is 73.3 Å². The molecule has 3 nitrogen and oxygen atoms in total. The van der Waals surface area contributed by atoms with Crippen LogP contribution in [0.25, 0.3) is 0 Å². The van der Waals surface area contributed by atoms with Crippen molar-refractivity contribution >= 4 is 0 Å². The number of aromatic nitrogens is 1. The highest BCUT2D eigenvalue weighted by atomic mass is 16.3. The predicted octanol–water partition coefficient (Wildman–Crippen LogP) is 2.56. The van der Waals surface area contributed by atoms with Crippen molar-refractivity contribution in [2.75, 3.05) is 6.54 Å². The molecule has 4 aliphatic carbocycles. The van der Waals surface area contributed by atoms with Crippen LogP contribution in [0.5, 0.6) is 0 Å². The summed E-state index contributed by atoms with van der Waals surface area (Å²) in [7, 11) is 0. The summed E-state index contributed by atoms with van der Waals surface area (Å²) in [6.45, 7) is 0.510. The zero-order valence-corrected chi connectivity index (χ0v) is 12.6. The minimum Gasteiger partial charge on any atom is -0.392 e. The summed E-state index contributed by atoms with van der Waals surface area (Å²) in [5.41, 5.74) is 7.11. The van der Waals surface area contributed by atoms with Crippen LogP contribution in [0, 0.1) is 29.6 Å². The lowest BCUT2D eigenvalue weighted by molar-refractivity contribution is -0.0956. The molecule has 1 aromatic rings. The Balaban J connectivity index is 1.57. The van der Waals surface area contributed by atoms with Crippen molar-refractivity contribution < 1.29 is 5.11 Å². The standard InChI is InChI=1S/C18H26N2O/c19-9-16(13-2-1-3-20-10-13)18(21)17-14-5-11-4-12(7-14)8-15(17)6-11/h1-3,10-12,14-18,21H,4-9,19H2. The molecule has 2 unspecified atom stereocenters. The fourth-order valence-corrected chi connectivity index (χ4v) is 5.86. The zero-order chi connectivity index (χ0) is 14.4. The number of pyridine rings is 1. The van der Waals surface area contributed by atoms with Gasteiger partial charge in [0.1, 0.15) is 0 Å². The van der Waals surface area contributed by atoms with E-state index in [-0.39, 0.29) is 12.0 Å². The maximum absolute atomic E-state index is 11.1. The van der Waals surface area contributed by atoms with Crippen LogP contribution in [0.15, 0.2) is 24.5 Å². The summed E-state index contributed by atoms with van der Waals surface area (Å²) in [6, 6.07) is 4.01. The van der Waals surface area contributed by atoms with E-state index >= 15 is 0 Å². The lowest BCUT2D eigenvalue weighted by Gasteiger charge is -2.56. The van der Waals surface area contributed by atoms with E-state index in [1.165, 1.54) is 32.1 Å². The van der Waals surface area contributed by atoms with Crippen LogP contribution in [-0.2, 0) is 0 Å². The fraction of sp³-hybridized carbons (Fsp3) is 0.722. The monoisotopic (exact) mass is 286 g/mol. The molecule has 0 spiro atoms. The number of hydrogen-bond acceptors (Lipinski definition) is 3. The number of nitrogens with zero attached hydrogens (tertiary/aromatic N) is 1. The van der Waals surface area contributed by atoms with E-state index in [2.05, 4.69) is 11.1 Å². The van der Waals surface area contributed by atoms with E-state index in [4.69, 9.17) is 5.73 Å². The molecule has 3 heteroatoms. The Kier molecular flexibility index (Phi) is 3.50. The molecule has 5 rings (SSSR count). The van der Waals surface area contributed by atoms with Gasteiger partial charge in [0, 0.05) is 24.9 Å². The first-order valence-electron chi connectivity index (χ1n) is 8.54. The number of aliphatic hydroxyl groups is 1. The maximum atomic E-state index is 11.1. The van der Waals surface area contributed by atoms with E-state index in [1.807, 2.05) is 12.3 Å². The van der Waals surface area contributed by atoms with Crippen LogP contribution in [-0.4, -0.2) is 22.7 Å². The predicted molar refractivity (Wildman–Crippen MR) is 82.6 cm³/mol. The molecule has 4 saturated carbocycles. The Morgan fingerprint density at radius 1 is 1.14 bits per heavy atom. The van der Waals surface area contributed by atoms with Gasteiger partial charge in [-0.25, -0.2) is 0 Å². The van der Waals surface area contributed by atoms with Crippen molar-refractivity contribution in [3.05, 3.63) is 30.1 Å². The fourth-order valence-electron chi connectivity index (χ4n) is 5.86. The molecule has 1 aromatic heterocycles. The first kappa shape index (κ1) is 13.7. The number of rotatable bonds is 4. The van der Waals surface area contributed by atoms with E-state index < -0.39 is 0 Å². The van der Waals surface area contributed by atoms with Gasteiger partial charge < -0.3 is 10.8 Å². The van der Waals surface area contributed by atoms with Gasteiger partial charge in [-0.15, -0.1) is 0 Å². The van der Waals surface area contributed by atoms with Gasteiger partial charge in [0.2, 0.25) is 0 Å². The van der Waals surface area contributed by atoms with E-state index in [9.17, 15) is 5.11 Å². The third-order valence-electron chi connectivity index (χ3n) is 6.47. The third kappa shape index (κ3) is 2.31. The molecule has 1 heterocycles. The minimum atomic E-state index is -0.297. The zero-order valence-electron chi connectivity index (χ0n) is 12.6. The summed E-state index contributed by atoms with van der Waals surface area (Å²) >= 11 is 0. The maximum Gasteiger partial charge on any atom is 0.0654 e. The Labute approximate surface area is 127 Å². The van der Waals surface area contributed by atoms with Gasteiger partial charge in [0.05, 0.1) is 6.10 Å². The Morgan fingerprint density at radius 2 is 1.81 bits per heavy atom. The normalized spacial score (nSPS) is 40.2. The summed E-state index contributed by atoms with van der Waals surface area (Å²) in [4.78, 5) is 4.21. The summed E-state index contributed by atoms with van der Waals surface area (Å²) in [5, 5.41) is 11.1. The highest BCUT2D eigenvalue weighted by Gasteiger charge is 2.51. The number of hydrogen-bond donors (Lipinski definition) is 2. The molecular weight excluding hydrogens is 260 g/mol. The summed E-state index contributed by atoms with van der Waals surface area (Å²) in [5.74, 6) is 3.88. The van der Waals surface area contributed by atoms with Gasteiger partial charge in [-0.3, -0.25) is 4.98 Å². The van der Waals surface area contributed by atoms with Gasteiger partial charge in [0.25, 0.3) is 0 Å². The molecule has 114 valence electrons. The second-order valence-electron chi connectivity index (χ2n) is 7.63. The highest BCUT2D eigenvalue weighted by Crippen LogP contribution is 2.58. The van der Waals surface area contributed by atoms with E-state index in [1.54, 1.807) is 6.20 Å². The molecule has 0 saturated heterocycles. The highest BCUT2D eigenvalue weighted by molar-refractivity contribution is 5.18. The van der Waals surface area contributed by atoms with Gasteiger partial charge in [-0.2, -0.15) is 0 Å². The van der Waals surface area contributed by atoms with E-state index in [0.29, 0.717) is 12.5 Å². The van der Waals surface area contributed by atoms with Gasteiger partial charge in [-0.1, -0.05) is 6.07 Å². The molecule has 21 heavy (non-hydrogen) atoms. The summed E-state index contributed by atoms with van der Waals surface area (Å²) in [6.07, 6.45) is 10.2. The summed E-state index contributed by atoms with van der Waals surface area (Å²) < 4.78 is 0. The van der Waals surface area contributed by atoms with Crippen LogP contribution in [0.3, 0.4) is 0 Å². The molecule has 2 atom stereocenters.